The van der Waals surface area contributed by atoms with Crippen molar-refractivity contribution in [3.63, 3.8) is 0 Å². The number of hydrogen-bond donors (Lipinski definition) is 1. The van der Waals surface area contributed by atoms with E-state index in [0.29, 0.717) is 16.5 Å². The summed E-state index contributed by atoms with van der Waals surface area (Å²) in [5.41, 5.74) is 4.50. The zero-order valence-electron chi connectivity index (χ0n) is 19.6. The highest BCUT2D eigenvalue weighted by atomic mass is 32.2. The summed E-state index contributed by atoms with van der Waals surface area (Å²) >= 11 is 0. The monoisotopic (exact) mass is 497 g/mol. The summed E-state index contributed by atoms with van der Waals surface area (Å²) in [4.78, 5) is 25.2. The summed E-state index contributed by atoms with van der Waals surface area (Å²) in [7, 11) is -4.03. The summed E-state index contributed by atoms with van der Waals surface area (Å²) < 4.78 is 38.5. The maximum absolute atomic E-state index is 13.3. The van der Waals surface area contributed by atoms with Crippen molar-refractivity contribution in [3.8, 4) is 0 Å². The van der Waals surface area contributed by atoms with Crippen LogP contribution in [0.1, 0.15) is 40.7 Å². The first kappa shape index (κ1) is 23.7. The molecule has 5 rings (SSSR count). The molecule has 1 fully saturated rings. The van der Waals surface area contributed by atoms with E-state index in [1.807, 2.05) is 26.0 Å². The van der Waals surface area contributed by atoms with Crippen LogP contribution in [0.2, 0.25) is 0 Å². The zero-order valence-corrected chi connectivity index (χ0v) is 20.4. The van der Waals surface area contributed by atoms with Crippen LogP contribution in [-0.2, 0) is 39.0 Å². The minimum absolute atomic E-state index is 0.0614. The van der Waals surface area contributed by atoms with E-state index in [1.54, 1.807) is 12.1 Å². The van der Waals surface area contributed by atoms with Crippen LogP contribution in [-0.4, -0.2) is 42.5 Å². The number of benzene rings is 2. The lowest BCUT2D eigenvalue weighted by Gasteiger charge is -2.23. The summed E-state index contributed by atoms with van der Waals surface area (Å²) in [5.74, 6) is -0.767. The molecule has 1 unspecified atom stereocenters. The fraction of sp³-hybridized carbons (Fsp3) is 0.385. The summed E-state index contributed by atoms with van der Waals surface area (Å²) in [6.45, 7) is 3.30. The standard InChI is InChI=1S/C26H27NO7S/c1-15-6-7-21(8-16(15)2)35(31,32)27-13-20(28)12-23(27)26(30)33-14-19-11-25(29)34-24-10-18-5-3-4-17(18)9-22(19)24/h6-11,20,23,28H,3-5,12-14H2,1-2H3/t20?,23-/m0/s1. The Balaban J connectivity index is 1.40. The molecule has 1 saturated heterocycles. The largest absolute Gasteiger partial charge is 0.460 e. The highest BCUT2D eigenvalue weighted by Crippen LogP contribution is 2.30. The van der Waals surface area contributed by atoms with Gasteiger partial charge in [0.1, 0.15) is 18.2 Å². The van der Waals surface area contributed by atoms with Gasteiger partial charge in [0, 0.05) is 30.0 Å². The Bertz CT molecular complexity index is 1490. The maximum Gasteiger partial charge on any atom is 0.336 e. The molecule has 2 aliphatic rings. The van der Waals surface area contributed by atoms with Crippen LogP contribution in [0.25, 0.3) is 11.0 Å². The fourth-order valence-electron chi connectivity index (χ4n) is 4.93. The van der Waals surface area contributed by atoms with Gasteiger partial charge in [0.15, 0.2) is 0 Å². The molecule has 0 radical (unpaired) electrons. The van der Waals surface area contributed by atoms with Crippen molar-refractivity contribution in [2.24, 2.45) is 0 Å². The minimum atomic E-state index is -4.03. The van der Waals surface area contributed by atoms with Crippen molar-refractivity contribution in [3.05, 3.63) is 74.6 Å². The van der Waals surface area contributed by atoms with Crippen LogP contribution < -0.4 is 5.63 Å². The number of fused-ring (bicyclic) bond motifs is 2. The van der Waals surface area contributed by atoms with E-state index < -0.39 is 33.8 Å². The molecule has 9 heteroatoms. The van der Waals surface area contributed by atoms with Gasteiger partial charge in [-0.3, -0.25) is 4.79 Å². The second kappa shape index (κ2) is 8.89. The third kappa shape index (κ3) is 4.39. The first-order chi connectivity index (χ1) is 16.6. The first-order valence-electron chi connectivity index (χ1n) is 11.7. The van der Waals surface area contributed by atoms with Gasteiger partial charge in [-0.25, -0.2) is 13.2 Å². The Morgan fingerprint density at radius 2 is 1.86 bits per heavy atom. The van der Waals surface area contributed by atoms with Crippen LogP contribution >= 0.6 is 0 Å². The van der Waals surface area contributed by atoms with Crippen LogP contribution in [0, 0.1) is 13.8 Å². The minimum Gasteiger partial charge on any atom is -0.460 e. The molecule has 8 nitrogen and oxygen atoms in total. The lowest BCUT2D eigenvalue weighted by molar-refractivity contribution is -0.148. The van der Waals surface area contributed by atoms with Crippen molar-refractivity contribution in [1.82, 2.24) is 4.31 Å². The summed E-state index contributed by atoms with van der Waals surface area (Å²) in [5, 5.41) is 10.9. The Labute approximate surface area is 203 Å². The van der Waals surface area contributed by atoms with E-state index in [1.165, 1.54) is 17.7 Å². The highest BCUT2D eigenvalue weighted by molar-refractivity contribution is 7.89. The van der Waals surface area contributed by atoms with E-state index in [0.717, 1.165) is 40.3 Å². The Hall–Kier alpha value is -3.01. The third-order valence-electron chi connectivity index (χ3n) is 7.00. The van der Waals surface area contributed by atoms with Crippen LogP contribution in [0.15, 0.2) is 50.5 Å². The molecule has 1 aromatic heterocycles. The van der Waals surface area contributed by atoms with Gasteiger partial charge in [-0.15, -0.1) is 0 Å². The van der Waals surface area contributed by atoms with Crippen LogP contribution in [0.3, 0.4) is 0 Å². The molecule has 35 heavy (non-hydrogen) atoms. The average molecular weight is 498 g/mol. The van der Waals surface area contributed by atoms with Crippen molar-refractivity contribution >= 4 is 27.0 Å². The molecular formula is C26H27NO7S. The zero-order chi connectivity index (χ0) is 24.9. The molecule has 3 aromatic rings. The Morgan fingerprint density at radius 1 is 1.11 bits per heavy atom. The molecule has 1 N–H and O–H groups in total. The number of esters is 1. The second-order valence-corrected chi connectivity index (χ2v) is 11.3. The van der Waals surface area contributed by atoms with E-state index in [2.05, 4.69) is 0 Å². The molecule has 0 amide bonds. The number of hydrogen-bond acceptors (Lipinski definition) is 7. The summed E-state index contributed by atoms with van der Waals surface area (Å²) in [6.07, 6.45) is 1.86. The van der Waals surface area contributed by atoms with Gasteiger partial charge in [-0.1, -0.05) is 6.07 Å². The smallest absolute Gasteiger partial charge is 0.336 e. The molecule has 1 aliphatic heterocycles. The Kier molecular flexibility index (Phi) is 6.03. The normalized spacial score (nSPS) is 20.3. The number of carbonyl (C=O) groups is 1. The molecule has 0 bridgehead atoms. The number of β-amino-alcohol motifs (C(OH)–C–C–N with tert-alkyl or cyclic N) is 1. The number of ether oxygens (including phenoxy) is 1. The number of sulfonamides is 1. The highest BCUT2D eigenvalue weighted by Gasteiger charge is 2.44. The number of aliphatic hydroxyl groups excluding tert-OH is 1. The fourth-order valence-corrected chi connectivity index (χ4v) is 6.65. The predicted molar refractivity (Wildman–Crippen MR) is 129 cm³/mol. The van der Waals surface area contributed by atoms with Gasteiger partial charge in [-0.05, 0) is 79.6 Å². The number of rotatable bonds is 5. The SMILES string of the molecule is Cc1ccc(S(=O)(=O)N2CC(O)C[C@H]2C(=O)OCc2cc(=O)oc3cc4c(cc23)CCC4)cc1C. The molecule has 1 aliphatic carbocycles. The lowest BCUT2D eigenvalue weighted by Crippen LogP contribution is -2.41. The number of aryl methyl sites for hydroxylation is 4. The molecule has 184 valence electrons. The number of nitrogens with zero attached hydrogens (tertiary/aromatic N) is 1. The molecule has 2 heterocycles. The van der Waals surface area contributed by atoms with Crippen molar-refractivity contribution in [1.29, 1.82) is 0 Å². The van der Waals surface area contributed by atoms with Crippen LogP contribution in [0.4, 0.5) is 0 Å². The maximum atomic E-state index is 13.3. The topological polar surface area (TPSA) is 114 Å². The van der Waals surface area contributed by atoms with Gasteiger partial charge in [-0.2, -0.15) is 4.31 Å². The van der Waals surface area contributed by atoms with Crippen molar-refractivity contribution < 1.29 is 27.5 Å². The van der Waals surface area contributed by atoms with Crippen LogP contribution in [0.5, 0.6) is 0 Å². The average Bonchev–Trinajstić information content (AvgIpc) is 3.43. The first-order valence-corrected chi connectivity index (χ1v) is 13.1. The van der Waals surface area contributed by atoms with E-state index in [-0.39, 0.29) is 24.5 Å². The molecule has 2 aromatic carbocycles. The quantitative estimate of drug-likeness (QED) is 0.426. The molecule has 0 spiro atoms. The predicted octanol–water partition coefficient (Wildman–Crippen LogP) is 2.77. The van der Waals surface area contributed by atoms with Crippen molar-refractivity contribution in [2.45, 2.75) is 63.2 Å². The van der Waals surface area contributed by atoms with Gasteiger partial charge >= 0.3 is 11.6 Å². The van der Waals surface area contributed by atoms with Gasteiger partial charge in [0.25, 0.3) is 0 Å². The molecule has 2 atom stereocenters. The lowest BCUT2D eigenvalue weighted by atomic mass is 10.0. The third-order valence-corrected chi connectivity index (χ3v) is 8.87. The molecule has 0 saturated carbocycles. The molecular weight excluding hydrogens is 470 g/mol. The number of carbonyl (C=O) groups excluding carboxylic acids is 1. The van der Waals surface area contributed by atoms with Gasteiger partial charge < -0.3 is 14.3 Å². The summed E-state index contributed by atoms with van der Waals surface area (Å²) in [6, 6.07) is 8.75. The van der Waals surface area contributed by atoms with Gasteiger partial charge in [0.2, 0.25) is 10.0 Å². The van der Waals surface area contributed by atoms with E-state index >= 15 is 0 Å². The van der Waals surface area contributed by atoms with Gasteiger partial charge in [0.05, 0.1) is 11.0 Å². The Morgan fingerprint density at radius 3 is 2.60 bits per heavy atom. The van der Waals surface area contributed by atoms with E-state index in [4.69, 9.17) is 9.15 Å². The second-order valence-electron chi connectivity index (χ2n) is 9.40. The van der Waals surface area contributed by atoms with E-state index in [9.17, 15) is 23.1 Å². The number of aliphatic hydroxyl groups is 1. The van der Waals surface area contributed by atoms with Crippen molar-refractivity contribution in [2.75, 3.05) is 6.54 Å².